The van der Waals surface area contributed by atoms with Gasteiger partial charge in [0.2, 0.25) is 20.0 Å². The van der Waals surface area contributed by atoms with Crippen LogP contribution in [0.3, 0.4) is 0 Å². The van der Waals surface area contributed by atoms with E-state index in [9.17, 15) is 26.4 Å². The molecule has 0 spiro atoms. The Balaban J connectivity index is 0.000000137. The number of piperidine rings is 2. The van der Waals surface area contributed by atoms with Gasteiger partial charge in [-0.05, 0) is 107 Å². The van der Waals surface area contributed by atoms with Gasteiger partial charge in [-0.1, -0.05) is 74.5 Å². The number of rotatable bonds is 8. The van der Waals surface area contributed by atoms with Gasteiger partial charge in [0.15, 0.2) is 0 Å². The molecule has 4 atom stereocenters. The molecule has 11 nitrogen and oxygen atoms in total. The number of sulfonamides is 2. The summed E-state index contributed by atoms with van der Waals surface area (Å²) in [5, 5.41) is 14.2. The number of amides is 1. The molecule has 59 heavy (non-hydrogen) atoms. The number of nitrogens with zero attached hydrogens (tertiary/aromatic N) is 1. The number of hydrogen-bond acceptors (Lipinski definition) is 9. The molecule has 10 rings (SSSR count). The van der Waals surface area contributed by atoms with E-state index in [-0.39, 0.29) is 16.7 Å². The first-order valence-corrected chi connectivity index (χ1v) is 24.7. The topological polar surface area (TPSA) is 162 Å². The van der Waals surface area contributed by atoms with Gasteiger partial charge >= 0.3 is 5.97 Å². The van der Waals surface area contributed by atoms with Crippen LogP contribution < -0.4 is 14.8 Å². The molecule has 2 aliphatic carbocycles. The first-order chi connectivity index (χ1) is 27.9. The van der Waals surface area contributed by atoms with Gasteiger partial charge in [0.25, 0.3) is 5.91 Å². The number of carbonyl (C=O) groups excluding carboxylic acids is 1. The van der Waals surface area contributed by atoms with E-state index in [1.807, 2.05) is 83.8 Å². The fraction of sp³-hybridized carbons (Fsp3) is 0.318. The van der Waals surface area contributed by atoms with Crippen molar-refractivity contribution in [1.82, 2.24) is 10.2 Å². The van der Waals surface area contributed by atoms with E-state index < -0.39 is 26.0 Å². The lowest BCUT2D eigenvalue weighted by molar-refractivity contribution is 0.0701. The third-order valence-electron chi connectivity index (χ3n) is 12.5. The Morgan fingerprint density at radius 3 is 1.54 bits per heavy atom. The Hall–Kier alpha value is -4.80. The van der Waals surface area contributed by atoms with E-state index in [0.717, 1.165) is 63.0 Å². The number of thiophene rings is 2. The van der Waals surface area contributed by atoms with Crippen LogP contribution in [0.2, 0.25) is 0 Å². The second-order valence-electron chi connectivity index (χ2n) is 16.4. The molecule has 4 aliphatic rings. The number of aromatic carboxylic acids is 1. The highest BCUT2D eigenvalue weighted by molar-refractivity contribution is 7.92. The van der Waals surface area contributed by atoms with Crippen LogP contribution in [-0.2, 0) is 30.9 Å². The summed E-state index contributed by atoms with van der Waals surface area (Å²) in [7, 11) is -6.50. The van der Waals surface area contributed by atoms with Gasteiger partial charge < -0.3 is 15.3 Å². The Labute approximate surface area is 352 Å². The summed E-state index contributed by atoms with van der Waals surface area (Å²) < 4.78 is 52.8. The molecule has 4 heterocycles. The van der Waals surface area contributed by atoms with Crippen molar-refractivity contribution in [3.05, 3.63) is 130 Å². The van der Waals surface area contributed by atoms with E-state index in [0.29, 0.717) is 39.9 Å². The monoisotopic (exact) mass is 870 g/mol. The van der Waals surface area contributed by atoms with Crippen LogP contribution in [0.25, 0.3) is 20.2 Å². The summed E-state index contributed by atoms with van der Waals surface area (Å²) in [6.07, 6.45) is 2.34. The number of benzene rings is 4. The van der Waals surface area contributed by atoms with Crippen LogP contribution >= 0.6 is 22.7 Å². The third kappa shape index (κ3) is 8.35. The molecule has 0 radical (unpaired) electrons. The lowest BCUT2D eigenvalue weighted by Gasteiger charge is -2.24. The molecular formula is C44H46N4O7S4. The zero-order valence-corrected chi connectivity index (χ0v) is 36.3. The largest absolute Gasteiger partial charge is 0.477 e. The maximum atomic E-state index is 13.0. The van der Waals surface area contributed by atoms with Gasteiger partial charge in [-0.2, -0.15) is 0 Å². The van der Waals surface area contributed by atoms with Crippen LogP contribution in [0.1, 0.15) is 44.3 Å². The number of fused-ring (bicyclic) bond motifs is 4. The van der Waals surface area contributed by atoms with E-state index in [4.69, 9.17) is 5.11 Å². The maximum absolute atomic E-state index is 13.0. The fourth-order valence-corrected chi connectivity index (χ4v) is 12.3. The fourth-order valence-electron chi connectivity index (χ4n) is 9.30. The molecule has 1 amide bonds. The van der Waals surface area contributed by atoms with Crippen LogP contribution in [0.15, 0.2) is 109 Å². The van der Waals surface area contributed by atoms with Crippen molar-refractivity contribution in [2.24, 2.45) is 23.7 Å². The van der Waals surface area contributed by atoms with Crippen LogP contribution in [0, 0.1) is 23.7 Å². The number of carboxylic acid groups (broad SMARTS) is 1. The highest BCUT2D eigenvalue weighted by Gasteiger charge is 2.66. The van der Waals surface area contributed by atoms with Gasteiger partial charge in [0.05, 0.1) is 17.4 Å². The van der Waals surface area contributed by atoms with Crippen LogP contribution in [0.4, 0.5) is 11.4 Å². The molecule has 2 saturated carbocycles. The number of anilines is 2. The predicted octanol–water partition coefficient (Wildman–Crippen LogP) is 7.70. The zero-order chi connectivity index (χ0) is 41.9. The van der Waals surface area contributed by atoms with Crippen LogP contribution in [-0.4, -0.2) is 77.4 Å². The third-order valence-corrected chi connectivity index (χ3v) is 16.0. The standard InChI is InChI=1S/C22H22N2O3S2.C13H18N2O2S.C9H6O2S/c1-22(15-7-5-8-16(11-15)23-29(2,26)27)17-12-24(13-18(17)22)21(25)20-10-14-6-3-4-9-19(14)28-20;1-13(11-7-14-8-12(11)13)9-4-3-5-10(6-9)15-18(2,16)17;10-9(11)8-5-6-3-1-2-4-7(6)12-8/h3-11,17-18,23H,12-13H2,1-2H3;3-6,11-12,14-15H,7-8H2,1-2H3;1-5H,(H,10,11). The molecule has 308 valence electrons. The SMILES string of the molecule is CC1(c2cccc(NS(C)(=O)=O)c2)C2CN(C(=O)c3cc4ccccc4s3)CC21.CC1(c2cccc(NS(C)(=O)=O)c2)C2CNCC21.O=C(O)c1cc2ccccc2s1. The number of carbonyl (C=O) groups is 2. The van der Waals surface area contributed by atoms with Gasteiger partial charge in [-0.15, -0.1) is 22.7 Å². The van der Waals surface area contributed by atoms with E-state index in [1.165, 1.54) is 23.2 Å². The summed E-state index contributed by atoms with van der Waals surface area (Å²) >= 11 is 2.86. The quantitative estimate of drug-likeness (QED) is 0.121. The van der Waals surface area contributed by atoms with Gasteiger partial charge in [-0.25, -0.2) is 21.6 Å². The Morgan fingerprint density at radius 1 is 0.644 bits per heavy atom. The van der Waals surface area contributed by atoms with E-state index >= 15 is 0 Å². The molecule has 2 saturated heterocycles. The summed E-state index contributed by atoms with van der Waals surface area (Å²) in [5.41, 5.74) is 3.85. The Kier molecular flexibility index (Phi) is 10.7. The number of likely N-dealkylation sites (tertiary alicyclic amines) is 1. The van der Waals surface area contributed by atoms with Gasteiger partial charge in [0.1, 0.15) is 4.88 Å². The first-order valence-electron chi connectivity index (χ1n) is 19.3. The zero-order valence-electron chi connectivity index (χ0n) is 33.0. The molecule has 4 unspecified atom stereocenters. The smallest absolute Gasteiger partial charge is 0.345 e. The Morgan fingerprint density at radius 2 is 1.08 bits per heavy atom. The van der Waals surface area contributed by atoms with Crippen molar-refractivity contribution in [1.29, 1.82) is 0 Å². The minimum absolute atomic E-state index is 0.00780. The number of hydrogen-bond donors (Lipinski definition) is 4. The molecule has 4 fully saturated rings. The number of nitrogens with one attached hydrogen (secondary N) is 3. The van der Waals surface area contributed by atoms with Crippen molar-refractivity contribution >= 4 is 86.1 Å². The van der Waals surface area contributed by atoms with Crippen molar-refractivity contribution < 1.29 is 31.5 Å². The van der Waals surface area contributed by atoms with E-state index in [1.54, 1.807) is 29.5 Å². The number of carboxylic acids is 1. The molecule has 4 N–H and O–H groups in total. The summed E-state index contributed by atoms with van der Waals surface area (Å²) in [6, 6.07) is 34.9. The highest BCUT2D eigenvalue weighted by Crippen LogP contribution is 2.64. The average Bonchev–Trinajstić information content (AvgIpc) is 3.71. The summed E-state index contributed by atoms with van der Waals surface area (Å²) in [5.74, 6) is 1.49. The van der Waals surface area contributed by atoms with Crippen molar-refractivity contribution in [3.63, 3.8) is 0 Å². The average molecular weight is 871 g/mol. The normalized spacial score (nSPS) is 25.2. The second-order valence-corrected chi connectivity index (χ2v) is 22.0. The minimum Gasteiger partial charge on any atom is -0.477 e. The summed E-state index contributed by atoms with van der Waals surface area (Å²) in [4.78, 5) is 26.8. The predicted molar refractivity (Wildman–Crippen MR) is 238 cm³/mol. The molecule has 15 heteroatoms. The molecule has 2 aromatic heterocycles. The summed E-state index contributed by atoms with van der Waals surface area (Å²) in [6.45, 7) is 8.15. The lowest BCUT2D eigenvalue weighted by atomic mass is 9.92. The first kappa shape index (κ1) is 41.0. The van der Waals surface area contributed by atoms with Gasteiger partial charge in [0, 0.05) is 44.7 Å². The van der Waals surface area contributed by atoms with Gasteiger partial charge in [-0.3, -0.25) is 14.2 Å². The molecule has 2 aliphatic heterocycles. The van der Waals surface area contributed by atoms with Crippen molar-refractivity contribution in [3.8, 4) is 0 Å². The molecule has 0 bridgehead atoms. The van der Waals surface area contributed by atoms with Crippen LogP contribution in [0.5, 0.6) is 0 Å². The second kappa shape index (κ2) is 15.3. The molecular weight excluding hydrogens is 825 g/mol. The maximum Gasteiger partial charge on any atom is 0.345 e. The van der Waals surface area contributed by atoms with Crippen molar-refractivity contribution in [2.45, 2.75) is 24.7 Å². The van der Waals surface area contributed by atoms with Crippen molar-refractivity contribution in [2.75, 3.05) is 48.1 Å². The lowest BCUT2D eigenvalue weighted by Crippen LogP contribution is -2.34. The Bertz CT molecular complexity index is 2730. The van der Waals surface area contributed by atoms with E-state index in [2.05, 4.69) is 40.7 Å². The molecule has 4 aromatic carbocycles. The molecule has 6 aromatic rings. The minimum atomic E-state index is -3.30. The highest BCUT2D eigenvalue weighted by atomic mass is 32.2.